The Hall–Kier alpha value is -1.58. The maximum Gasteiger partial charge on any atom is 0.251 e. The predicted molar refractivity (Wildman–Crippen MR) is 86.7 cm³/mol. The highest BCUT2D eigenvalue weighted by Crippen LogP contribution is 2.28. The van der Waals surface area contributed by atoms with Gasteiger partial charge >= 0.3 is 0 Å². The normalized spacial score (nSPS) is 17.3. The number of aromatic nitrogens is 1. The zero-order valence-electron chi connectivity index (χ0n) is 13.5. The van der Waals surface area contributed by atoms with Crippen LogP contribution in [-0.2, 0) is 6.42 Å². The maximum atomic E-state index is 12.6. The quantitative estimate of drug-likeness (QED) is 0.872. The average molecular weight is 289 g/mol. The molecular weight excluding hydrogens is 262 g/mol. The van der Waals surface area contributed by atoms with Crippen LogP contribution < -0.4 is 10.6 Å². The van der Waals surface area contributed by atoms with E-state index in [2.05, 4.69) is 29.5 Å². The van der Waals surface area contributed by atoms with Crippen molar-refractivity contribution in [1.29, 1.82) is 0 Å². The van der Waals surface area contributed by atoms with E-state index in [1.807, 2.05) is 19.2 Å². The van der Waals surface area contributed by atoms with Gasteiger partial charge in [0.25, 0.3) is 5.91 Å². The van der Waals surface area contributed by atoms with Crippen molar-refractivity contribution in [3.05, 3.63) is 23.4 Å². The van der Waals surface area contributed by atoms with Crippen molar-refractivity contribution in [2.24, 2.45) is 0 Å². The van der Waals surface area contributed by atoms with Crippen molar-refractivity contribution in [2.45, 2.75) is 64.3 Å². The summed E-state index contributed by atoms with van der Waals surface area (Å²) in [5.74, 6) is 0.788. The number of carbonyl (C=O) groups is 1. The number of rotatable bonds is 5. The molecule has 4 heteroatoms. The summed E-state index contributed by atoms with van der Waals surface area (Å²) in [7, 11) is 1.84. The fourth-order valence-electron chi connectivity index (χ4n) is 3.03. The van der Waals surface area contributed by atoms with Gasteiger partial charge in [0.2, 0.25) is 0 Å². The van der Waals surface area contributed by atoms with Gasteiger partial charge < -0.3 is 10.6 Å². The van der Waals surface area contributed by atoms with Gasteiger partial charge in [0, 0.05) is 23.8 Å². The number of hydrogen-bond donors (Lipinski definition) is 2. The molecule has 0 saturated heterocycles. The highest BCUT2D eigenvalue weighted by molar-refractivity contribution is 5.95. The van der Waals surface area contributed by atoms with Gasteiger partial charge in [-0.2, -0.15) is 0 Å². The Morgan fingerprint density at radius 3 is 2.62 bits per heavy atom. The standard InChI is InChI=1S/C17H27N3O/c1-4-8-14-11-13(12-15(18-3)19-14)16(21)20-17(2)9-6-5-7-10-17/h11-12H,4-10H2,1-3H3,(H,18,19)(H,20,21). The van der Waals surface area contributed by atoms with Crippen LogP contribution in [0.2, 0.25) is 0 Å². The van der Waals surface area contributed by atoms with Crippen LogP contribution in [0, 0.1) is 0 Å². The Morgan fingerprint density at radius 1 is 1.29 bits per heavy atom. The number of anilines is 1. The van der Waals surface area contributed by atoms with E-state index in [0.717, 1.165) is 37.2 Å². The summed E-state index contributed by atoms with van der Waals surface area (Å²) in [6.45, 7) is 4.29. The lowest BCUT2D eigenvalue weighted by Gasteiger charge is -2.34. The third-order valence-electron chi connectivity index (χ3n) is 4.28. The molecule has 0 radical (unpaired) electrons. The van der Waals surface area contributed by atoms with Crippen molar-refractivity contribution < 1.29 is 4.79 Å². The number of aryl methyl sites for hydroxylation is 1. The van der Waals surface area contributed by atoms with Crippen LogP contribution in [0.4, 0.5) is 5.82 Å². The van der Waals surface area contributed by atoms with Crippen LogP contribution in [-0.4, -0.2) is 23.5 Å². The second-order valence-electron chi connectivity index (χ2n) is 6.31. The van der Waals surface area contributed by atoms with Crippen LogP contribution in [0.5, 0.6) is 0 Å². The molecule has 21 heavy (non-hydrogen) atoms. The lowest BCUT2D eigenvalue weighted by molar-refractivity contribution is 0.0882. The number of nitrogens with one attached hydrogen (secondary N) is 2. The minimum atomic E-state index is -0.0523. The molecule has 2 rings (SSSR count). The molecule has 1 aliphatic rings. The first-order chi connectivity index (χ1) is 10.1. The zero-order chi connectivity index (χ0) is 15.3. The molecule has 1 aromatic rings. The van der Waals surface area contributed by atoms with Crippen molar-refractivity contribution >= 4 is 11.7 Å². The monoisotopic (exact) mass is 289 g/mol. The third-order valence-corrected chi connectivity index (χ3v) is 4.28. The average Bonchev–Trinajstić information content (AvgIpc) is 2.47. The third kappa shape index (κ3) is 4.19. The smallest absolute Gasteiger partial charge is 0.251 e. The number of amides is 1. The Labute approximate surface area is 127 Å². The van der Waals surface area contributed by atoms with Crippen LogP contribution in [0.3, 0.4) is 0 Å². The number of nitrogens with zero attached hydrogens (tertiary/aromatic N) is 1. The largest absolute Gasteiger partial charge is 0.373 e. The summed E-state index contributed by atoms with van der Waals surface area (Å²) in [4.78, 5) is 17.1. The molecule has 1 saturated carbocycles. The Bertz CT molecular complexity index is 493. The summed E-state index contributed by atoms with van der Waals surface area (Å²) in [6, 6.07) is 3.76. The van der Waals surface area contributed by atoms with E-state index in [9.17, 15) is 4.79 Å². The van der Waals surface area contributed by atoms with E-state index in [4.69, 9.17) is 0 Å². The van der Waals surface area contributed by atoms with Crippen molar-refractivity contribution in [3.8, 4) is 0 Å². The number of pyridine rings is 1. The molecular formula is C17H27N3O. The van der Waals surface area contributed by atoms with Crippen LogP contribution in [0.1, 0.15) is 68.4 Å². The van der Waals surface area contributed by atoms with Crippen LogP contribution in [0.15, 0.2) is 12.1 Å². The molecule has 116 valence electrons. The molecule has 1 aliphatic carbocycles. The number of hydrogen-bond acceptors (Lipinski definition) is 3. The second kappa shape index (κ2) is 6.92. The lowest BCUT2D eigenvalue weighted by Crippen LogP contribution is -2.47. The van der Waals surface area contributed by atoms with E-state index < -0.39 is 0 Å². The van der Waals surface area contributed by atoms with Gasteiger partial charge in [-0.1, -0.05) is 32.6 Å². The highest BCUT2D eigenvalue weighted by Gasteiger charge is 2.28. The first-order valence-electron chi connectivity index (χ1n) is 8.07. The predicted octanol–water partition coefficient (Wildman–Crippen LogP) is 3.53. The topological polar surface area (TPSA) is 54.0 Å². The maximum absolute atomic E-state index is 12.6. The van der Waals surface area contributed by atoms with E-state index in [-0.39, 0.29) is 11.4 Å². The first kappa shape index (κ1) is 15.8. The molecule has 2 N–H and O–H groups in total. The second-order valence-corrected chi connectivity index (χ2v) is 6.31. The van der Waals surface area contributed by atoms with E-state index in [1.54, 1.807) is 0 Å². The summed E-state index contributed by atoms with van der Waals surface area (Å²) in [5.41, 5.74) is 1.64. The van der Waals surface area contributed by atoms with Gasteiger partial charge in [-0.05, 0) is 38.3 Å². The van der Waals surface area contributed by atoms with Crippen molar-refractivity contribution in [3.63, 3.8) is 0 Å². The molecule has 0 unspecified atom stereocenters. The molecule has 1 aromatic heterocycles. The first-order valence-corrected chi connectivity index (χ1v) is 8.07. The Balaban J connectivity index is 2.15. The molecule has 1 fully saturated rings. The van der Waals surface area contributed by atoms with Crippen molar-refractivity contribution in [2.75, 3.05) is 12.4 Å². The van der Waals surface area contributed by atoms with E-state index in [1.165, 1.54) is 19.3 Å². The summed E-state index contributed by atoms with van der Waals surface area (Å²) >= 11 is 0. The fraction of sp³-hybridized carbons (Fsp3) is 0.647. The van der Waals surface area contributed by atoms with Crippen LogP contribution in [0.25, 0.3) is 0 Å². The lowest BCUT2D eigenvalue weighted by atomic mass is 9.83. The van der Waals surface area contributed by atoms with E-state index >= 15 is 0 Å². The molecule has 1 amide bonds. The molecule has 4 nitrogen and oxygen atoms in total. The molecule has 0 bridgehead atoms. The van der Waals surface area contributed by atoms with Crippen LogP contribution >= 0.6 is 0 Å². The van der Waals surface area contributed by atoms with Gasteiger partial charge in [-0.25, -0.2) is 4.98 Å². The Morgan fingerprint density at radius 2 is 2.00 bits per heavy atom. The minimum Gasteiger partial charge on any atom is -0.373 e. The van der Waals surface area contributed by atoms with Gasteiger partial charge in [-0.3, -0.25) is 4.79 Å². The summed E-state index contributed by atoms with van der Waals surface area (Å²) in [5, 5.41) is 6.28. The van der Waals surface area contributed by atoms with Crippen molar-refractivity contribution in [1.82, 2.24) is 10.3 Å². The molecule has 0 aliphatic heterocycles. The highest BCUT2D eigenvalue weighted by atomic mass is 16.1. The van der Waals surface area contributed by atoms with Gasteiger partial charge in [0.1, 0.15) is 5.82 Å². The summed E-state index contributed by atoms with van der Waals surface area (Å²) in [6.07, 6.45) is 7.76. The number of carbonyl (C=O) groups excluding carboxylic acids is 1. The Kier molecular flexibility index (Phi) is 5.21. The molecule has 1 heterocycles. The van der Waals surface area contributed by atoms with Gasteiger partial charge in [0.15, 0.2) is 0 Å². The van der Waals surface area contributed by atoms with Gasteiger partial charge in [0.05, 0.1) is 0 Å². The SMILES string of the molecule is CCCc1cc(C(=O)NC2(C)CCCCC2)cc(NC)n1. The minimum absolute atomic E-state index is 0.0238. The molecule has 0 aromatic carbocycles. The zero-order valence-corrected chi connectivity index (χ0v) is 13.5. The molecule has 0 atom stereocenters. The molecule has 0 spiro atoms. The van der Waals surface area contributed by atoms with Gasteiger partial charge in [-0.15, -0.1) is 0 Å². The summed E-state index contributed by atoms with van der Waals surface area (Å²) < 4.78 is 0. The fourth-order valence-corrected chi connectivity index (χ4v) is 3.03. The van der Waals surface area contributed by atoms with E-state index in [0.29, 0.717) is 5.56 Å².